The van der Waals surface area contributed by atoms with Gasteiger partial charge in [0.25, 0.3) is 0 Å². The van der Waals surface area contributed by atoms with Gasteiger partial charge in [0.05, 0.1) is 0 Å². The third kappa shape index (κ3) is 4.49. The molecule has 0 aromatic heterocycles. The number of hydrogen-bond donors (Lipinski definition) is 0. The molecule has 1 nitrogen and oxygen atoms in total. The maximum Gasteiger partial charge on any atom is 0.0375 e. The van der Waals surface area contributed by atoms with Gasteiger partial charge in [-0.25, -0.2) is 0 Å². The van der Waals surface area contributed by atoms with Crippen LogP contribution in [0.1, 0.15) is 59.3 Å². The van der Waals surface area contributed by atoms with E-state index in [0.717, 1.165) is 6.42 Å². The Morgan fingerprint density at radius 1 is 1.12 bits per heavy atom. The summed E-state index contributed by atoms with van der Waals surface area (Å²) in [4.78, 5) is 4.48. The summed E-state index contributed by atoms with van der Waals surface area (Å²) >= 11 is 0. The SMILES string of the molecule is CC/C(C)=C(C)/C=C\C(=NC)C1CCCCC1. The summed E-state index contributed by atoms with van der Waals surface area (Å²) in [6, 6.07) is 0. The van der Waals surface area contributed by atoms with Gasteiger partial charge < -0.3 is 0 Å². The van der Waals surface area contributed by atoms with Crippen LogP contribution in [0.5, 0.6) is 0 Å². The molecule has 0 atom stereocenters. The second-order valence-electron chi connectivity index (χ2n) is 5.13. The predicted molar refractivity (Wildman–Crippen MR) is 77.7 cm³/mol. The van der Waals surface area contributed by atoms with Gasteiger partial charge in [0.2, 0.25) is 0 Å². The number of allylic oxidation sites excluding steroid dienone is 4. The van der Waals surface area contributed by atoms with E-state index in [1.807, 2.05) is 7.05 Å². The maximum atomic E-state index is 4.48. The van der Waals surface area contributed by atoms with Crippen LogP contribution in [0.3, 0.4) is 0 Å². The molecule has 0 N–H and O–H groups in total. The molecule has 0 spiro atoms. The van der Waals surface area contributed by atoms with Gasteiger partial charge in [-0.05, 0) is 39.2 Å². The van der Waals surface area contributed by atoms with Gasteiger partial charge in [-0.15, -0.1) is 0 Å². The normalized spacial score (nSPS) is 20.8. The van der Waals surface area contributed by atoms with Gasteiger partial charge in [-0.2, -0.15) is 0 Å². The minimum atomic E-state index is 0.708. The minimum absolute atomic E-state index is 0.708. The third-order valence-corrected chi connectivity index (χ3v) is 3.99. The van der Waals surface area contributed by atoms with Gasteiger partial charge in [0.15, 0.2) is 0 Å². The average Bonchev–Trinajstić information content (AvgIpc) is 2.39. The van der Waals surface area contributed by atoms with Gasteiger partial charge in [-0.3, -0.25) is 4.99 Å². The zero-order chi connectivity index (χ0) is 12.7. The van der Waals surface area contributed by atoms with E-state index < -0.39 is 0 Å². The van der Waals surface area contributed by atoms with Crippen LogP contribution < -0.4 is 0 Å². The number of hydrogen-bond acceptors (Lipinski definition) is 1. The van der Waals surface area contributed by atoms with Crippen molar-refractivity contribution in [3.8, 4) is 0 Å². The van der Waals surface area contributed by atoms with Crippen molar-refractivity contribution in [1.29, 1.82) is 0 Å². The second kappa shape index (κ2) is 7.47. The molecule has 1 aliphatic carbocycles. The first kappa shape index (κ1) is 14.2. The molecule has 0 aliphatic heterocycles. The maximum absolute atomic E-state index is 4.48. The Balaban J connectivity index is 2.67. The molecule has 17 heavy (non-hydrogen) atoms. The molecule has 0 radical (unpaired) electrons. The van der Waals surface area contributed by atoms with E-state index in [-0.39, 0.29) is 0 Å². The molecule has 1 heteroatoms. The van der Waals surface area contributed by atoms with Crippen molar-refractivity contribution in [3.05, 3.63) is 23.3 Å². The Morgan fingerprint density at radius 2 is 1.76 bits per heavy atom. The highest BCUT2D eigenvalue weighted by Gasteiger charge is 2.16. The summed E-state index contributed by atoms with van der Waals surface area (Å²) in [5.74, 6) is 0.708. The van der Waals surface area contributed by atoms with Gasteiger partial charge in [0.1, 0.15) is 0 Å². The van der Waals surface area contributed by atoms with Crippen molar-refractivity contribution in [1.82, 2.24) is 0 Å². The summed E-state index contributed by atoms with van der Waals surface area (Å²) < 4.78 is 0. The molecule has 0 bridgehead atoms. The van der Waals surface area contributed by atoms with Gasteiger partial charge >= 0.3 is 0 Å². The van der Waals surface area contributed by atoms with Crippen LogP contribution in [0.4, 0.5) is 0 Å². The average molecular weight is 233 g/mol. The van der Waals surface area contributed by atoms with Crippen LogP contribution in [0.25, 0.3) is 0 Å². The lowest BCUT2D eigenvalue weighted by Gasteiger charge is -2.21. The van der Waals surface area contributed by atoms with E-state index in [1.54, 1.807) is 0 Å². The molecule has 0 aromatic carbocycles. The lowest BCUT2D eigenvalue weighted by molar-refractivity contribution is 0.440. The predicted octanol–water partition coefficient (Wildman–Crippen LogP) is 4.94. The van der Waals surface area contributed by atoms with E-state index in [2.05, 4.69) is 37.9 Å². The number of aliphatic imine (C=N–C) groups is 1. The Morgan fingerprint density at radius 3 is 2.29 bits per heavy atom. The number of nitrogens with zero attached hydrogens (tertiary/aromatic N) is 1. The first-order chi connectivity index (χ1) is 8.19. The van der Waals surface area contributed by atoms with Gasteiger partial charge in [-0.1, -0.05) is 43.4 Å². The molecule has 96 valence electrons. The highest BCUT2D eigenvalue weighted by atomic mass is 14.7. The van der Waals surface area contributed by atoms with Crippen LogP contribution in [0.15, 0.2) is 28.3 Å². The van der Waals surface area contributed by atoms with E-state index in [9.17, 15) is 0 Å². The monoisotopic (exact) mass is 233 g/mol. The van der Waals surface area contributed by atoms with Crippen LogP contribution in [0.2, 0.25) is 0 Å². The van der Waals surface area contributed by atoms with E-state index in [0.29, 0.717) is 5.92 Å². The molecule has 0 unspecified atom stereocenters. The lowest BCUT2D eigenvalue weighted by atomic mass is 9.85. The first-order valence-corrected chi connectivity index (χ1v) is 7.00. The van der Waals surface area contributed by atoms with Crippen LogP contribution in [-0.2, 0) is 0 Å². The Bertz CT molecular complexity index is 314. The van der Waals surface area contributed by atoms with Crippen molar-refractivity contribution < 1.29 is 0 Å². The zero-order valence-electron chi connectivity index (χ0n) is 11.9. The Labute approximate surface area is 107 Å². The zero-order valence-corrected chi connectivity index (χ0v) is 11.9. The smallest absolute Gasteiger partial charge is 0.0375 e. The highest BCUT2D eigenvalue weighted by molar-refractivity contribution is 5.97. The molecule has 0 saturated heterocycles. The molecular weight excluding hydrogens is 206 g/mol. The van der Waals surface area contributed by atoms with Crippen LogP contribution in [0, 0.1) is 5.92 Å². The molecule has 0 heterocycles. The lowest BCUT2D eigenvalue weighted by Crippen LogP contribution is -2.15. The molecular formula is C16H27N. The summed E-state index contributed by atoms with van der Waals surface area (Å²) in [5.41, 5.74) is 4.16. The van der Waals surface area contributed by atoms with Crippen LogP contribution >= 0.6 is 0 Å². The van der Waals surface area contributed by atoms with Crippen molar-refractivity contribution in [2.24, 2.45) is 10.9 Å². The van der Waals surface area contributed by atoms with Crippen molar-refractivity contribution in [3.63, 3.8) is 0 Å². The first-order valence-electron chi connectivity index (χ1n) is 7.00. The molecule has 0 aromatic rings. The Kier molecular flexibility index (Phi) is 6.25. The minimum Gasteiger partial charge on any atom is -0.293 e. The van der Waals surface area contributed by atoms with Crippen molar-refractivity contribution in [2.45, 2.75) is 59.3 Å². The molecule has 1 fully saturated rings. The largest absolute Gasteiger partial charge is 0.293 e. The highest BCUT2D eigenvalue weighted by Crippen LogP contribution is 2.25. The molecule has 0 amide bonds. The molecule has 1 saturated carbocycles. The Hall–Kier alpha value is -0.850. The van der Waals surface area contributed by atoms with Crippen molar-refractivity contribution in [2.75, 3.05) is 7.05 Å². The number of rotatable bonds is 4. The fourth-order valence-corrected chi connectivity index (χ4v) is 2.42. The van der Waals surface area contributed by atoms with Crippen LogP contribution in [-0.4, -0.2) is 12.8 Å². The summed E-state index contributed by atoms with van der Waals surface area (Å²) in [6.45, 7) is 6.62. The quantitative estimate of drug-likeness (QED) is 0.482. The topological polar surface area (TPSA) is 12.4 Å². The van der Waals surface area contributed by atoms with E-state index in [4.69, 9.17) is 0 Å². The second-order valence-corrected chi connectivity index (χ2v) is 5.13. The third-order valence-electron chi connectivity index (χ3n) is 3.99. The molecule has 1 aliphatic rings. The van der Waals surface area contributed by atoms with Crippen molar-refractivity contribution >= 4 is 5.71 Å². The van der Waals surface area contributed by atoms with E-state index >= 15 is 0 Å². The summed E-state index contributed by atoms with van der Waals surface area (Å²) in [5, 5.41) is 0. The fourth-order valence-electron chi connectivity index (χ4n) is 2.42. The summed E-state index contributed by atoms with van der Waals surface area (Å²) in [7, 11) is 1.93. The van der Waals surface area contributed by atoms with E-state index in [1.165, 1.54) is 49.0 Å². The molecule has 1 rings (SSSR count). The standard InChI is InChI=1S/C16H27N/c1-5-13(2)14(3)11-12-16(17-4)15-9-7-6-8-10-15/h11-12,15H,5-10H2,1-4H3/b12-11-,14-13+,17-16?. The van der Waals surface area contributed by atoms with Gasteiger partial charge in [0, 0.05) is 18.7 Å². The summed E-state index contributed by atoms with van der Waals surface area (Å²) in [6.07, 6.45) is 12.4. The fraction of sp³-hybridized carbons (Fsp3) is 0.688.